The number of aryl methyl sites for hydroxylation is 2. The number of nitrogen functional groups attached to an aromatic ring is 1. The number of nitrogens with zero attached hydrogens (tertiary/aromatic N) is 2. The van der Waals surface area contributed by atoms with Crippen LogP contribution in [0.3, 0.4) is 0 Å². The van der Waals surface area contributed by atoms with Crippen LogP contribution >= 0.6 is 0 Å². The Labute approximate surface area is 86.8 Å². The first-order chi connectivity index (χ1) is 7.13. The lowest BCUT2D eigenvalue weighted by molar-refractivity contribution is 0.0949. The highest BCUT2D eigenvalue weighted by molar-refractivity contribution is 6.04. The number of nitrogens with two attached hydrogens (primary N) is 1. The van der Waals surface area contributed by atoms with E-state index in [2.05, 4.69) is 10.5 Å². The van der Waals surface area contributed by atoms with Crippen LogP contribution in [-0.2, 0) is 7.05 Å². The van der Waals surface area contributed by atoms with Gasteiger partial charge in [-0.15, -0.1) is 0 Å². The quantitative estimate of drug-likeness (QED) is 0.403. The van der Waals surface area contributed by atoms with Gasteiger partial charge in [-0.25, -0.2) is 5.84 Å². The Morgan fingerprint density at radius 2 is 2.27 bits per heavy atom. The number of rotatable bonds is 1. The smallest absolute Gasteiger partial charge is 0.286 e. The van der Waals surface area contributed by atoms with Crippen molar-refractivity contribution in [1.29, 1.82) is 0 Å². The first kappa shape index (κ1) is 9.67. The summed E-state index contributed by atoms with van der Waals surface area (Å²) in [4.78, 5) is 11.4. The second kappa shape index (κ2) is 3.36. The van der Waals surface area contributed by atoms with Gasteiger partial charge in [0.1, 0.15) is 0 Å². The molecule has 2 rings (SSSR count). The molecule has 0 saturated heterocycles. The number of amides is 1. The highest BCUT2D eigenvalue weighted by Gasteiger charge is 2.14. The number of hydrogen-bond donors (Lipinski definition) is 2. The van der Waals surface area contributed by atoms with E-state index in [1.807, 2.05) is 25.1 Å². The van der Waals surface area contributed by atoms with Gasteiger partial charge in [-0.1, -0.05) is 11.6 Å². The van der Waals surface area contributed by atoms with E-state index in [9.17, 15) is 4.79 Å². The lowest BCUT2D eigenvalue weighted by Gasteiger charge is -1.96. The van der Waals surface area contributed by atoms with Gasteiger partial charge in [0, 0.05) is 12.4 Å². The van der Waals surface area contributed by atoms with E-state index in [0.717, 1.165) is 16.5 Å². The zero-order chi connectivity index (χ0) is 11.0. The Balaban J connectivity index is 2.75. The molecule has 0 aliphatic heterocycles. The van der Waals surface area contributed by atoms with Gasteiger partial charge < -0.3 is 0 Å². The summed E-state index contributed by atoms with van der Waals surface area (Å²) in [6.07, 6.45) is 0. The Morgan fingerprint density at radius 3 is 2.93 bits per heavy atom. The highest BCUT2D eigenvalue weighted by atomic mass is 16.2. The van der Waals surface area contributed by atoms with E-state index in [1.165, 1.54) is 0 Å². The summed E-state index contributed by atoms with van der Waals surface area (Å²) in [6, 6.07) is 5.84. The zero-order valence-electron chi connectivity index (χ0n) is 8.61. The third kappa shape index (κ3) is 1.46. The van der Waals surface area contributed by atoms with Crippen molar-refractivity contribution in [2.75, 3.05) is 0 Å². The molecule has 15 heavy (non-hydrogen) atoms. The summed E-state index contributed by atoms with van der Waals surface area (Å²) in [5.41, 5.74) is 4.45. The normalized spacial score (nSPS) is 10.6. The zero-order valence-corrected chi connectivity index (χ0v) is 8.61. The van der Waals surface area contributed by atoms with E-state index in [-0.39, 0.29) is 5.91 Å². The average Bonchev–Trinajstić information content (AvgIpc) is 2.54. The number of aromatic nitrogens is 2. The molecule has 1 amide bonds. The molecule has 1 aromatic carbocycles. The number of carbonyl (C=O) groups is 1. The second-order valence-corrected chi connectivity index (χ2v) is 3.47. The predicted molar refractivity (Wildman–Crippen MR) is 57.1 cm³/mol. The Bertz CT molecular complexity index is 529. The van der Waals surface area contributed by atoms with Gasteiger partial charge in [0.05, 0.1) is 5.52 Å². The van der Waals surface area contributed by atoms with Crippen LogP contribution in [0.15, 0.2) is 18.2 Å². The van der Waals surface area contributed by atoms with Crippen molar-refractivity contribution >= 4 is 16.8 Å². The van der Waals surface area contributed by atoms with E-state index in [1.54, 1.807) is 11.7 Å². The molecule has 0 radical (unpaired) electrons. The molecule has 0 aliphatic carbocycles. The molecule has 5 heteroatoms. The third-order valence-electron chi connectivity index (χ3n) is 2.35. The Morgan fingerprint density at radius 1 is 1.53 bits per heavy atom. The first-order valence-electron chi connectivity index (χ1n) is 4.58. The molecular weight excluding hydrogens is 192 g/mol. The molecule has 0 atom stereocenters. The fraction of sp³-hybridized carbons (Fsp3) is 0.200. The third-order valence-corrected chi connectivity index (χ3v) is 2.35. The van der Waals surface area contributed by atoms with Gasteiger partial charge in [0.2, 0.25) is 0 Å². The minimum atomic E-state index is -0.369. The molecule has 0 fully saturated rings. The monoisotopic (exact) mass is 204 g/mol. The summed E-state index contributed by atoms with van der Waals surface area (Å²) in [6.45, 7) is 1.97. The fourth-order valence-electron chi connectivity index (χ4n) is 1.62. The van der Waals surface area contributed by atoms with Crippen molar-refractivity contribution in [2.24, 2.45) is 12.9 Å². The highest BCUT2D eigenvalue weighted by Crippen LogP contribution is 2.19. The summed E-state index contributed by atoms with van der Waals surface area (Å²) in [7, 11) is 1.80. The summed E-state index contributed by atoms with van der Waals surface area (Å²) in [5, 5.41) is 4.95. The van der Waals surface area contributed by atoms with Crippen LogP contribution in [-0.4, -0.2) is 15.7 Å². The average molecular weight is 204 g/mol. The predicted octanol–water partition coefficient (Wildman–Crippen LogP) is 0.485. The van der Waals surface area contributed by atoms with E-state index in [4.69, 9.17) is 5.84 Å². The van der Waals surface area contributed by atoms with Crippen LogP contribution in [0, 0.1) is 6.92 Å². The molecule has 1 aromatic heterocycles. The van der Waals surface area contributed by atoms with Crippen molar-refractivity contribution in [3.8, 4) is 0 Å². The molecular formula is C10H12N4O. The summed E-state index contributed by atoms with van der Waals surface area (Å²) >= 11 is 0. The summed E-state index contributed by atoms with van der Waals surface area (Å²) < 4.78 is 1.67. The van der Waals surface area contributed by atoms with Crippen LogP contribution in [0.2, 0.25) is 0 Å². The first-order valence-corrected chi connectivity index (χ1v) is 4.58. The van der Waals surface area contributed by atoms with Crippen LogP contribution in [0.4, 0.5) is 0 Å². The molecule has 3 N–H and O–H groups in total. The van der Waals surface area contributed by atoms with Crippen molar-refractivity contribution in [2.45, 2.75) is 6.92 Å². The van der Waals surface area contributed by atoms with Crippen LogP contribution in [0.1, 0.15) is 16.1 Å². The number of fused-ring (bicyclic) bond motifs is 1. The Kier molecular flexibility index (Phi) is 2.17. The fourth-order valence-corrected chi connectivity index (χ4v) is 1.62. The molecule has 2 aromatic rings. The SMILES string of the molecule is Cc1ccc2c(c1)c(C(=O)NN)nn2C. The van der Waals surface area contributed by atoms with E-state index >= 15 is 0 Å². The maximum Gasteiger partial charge on any atom is 0.286 e. The van der Waals surface area contributed by atoms with Gasteiger partial charge in [-0.05, 0) is 19.1 Å². The van der Waals surface area contributed by atoms with Crippen LogP contribution in [0.25, 0.3) is 10.9 Å². The second-order valence-electron chi connectivity index (χ2n) is 3.47. The van der Waals surface area contributed by atoms with Crippen molar-refractivity contribution in [3.05, 3.63) is 29.5 Å². The Hall–Kier alpha value is -1.88. The van der Waals surface area contributed by atoms with Gasteiger partial charge in [-0.2, -0.15) is 5.10 Å². The molecule has 1 heterocycles. The van der Waals surface area contributed by atoms with Crippen LogP contribution < -0.4 is 11.3 Å². The lowest BCUT2D eigenvalue weighted by Crippen LogP contribution is -2.30. The minimum absolute atomic E-state index is 0.360. The van der Waals surface area contributed by atoms with E-state index < -0.39 is 0 Å². The van der Waals surface area contributed by atoms with Crippen molar-refractivity contribution in [3.63, 3.8) is 0 Å². The lowest BCUT2D eigenvalue weighted by atomic mass is 10.1. The van der Waals surface area contributed by atoms with Gasteiger partial charge in [0.15, 0.2) is 5.69 Å². The van der Waals surface area contributed by atoms with Crippen molar-refractivity contribution in [1.82, 2.24) is 15.2 Å². The maximum atomic E-state index is 11.4. The maximum absolute atomic E-state index is 11.4. The molecule has 0 unspecified atom stereocenters. The molecule has 0 aliphatic rings. The molecule has 5 nitrogen and oxygen atoms in total. The van der Waals surface area contributed by atoms with Gasteiger partial charge >= 0.3 is 0 Å². The summed E-state index contributed by atoms with van der Waals surface area (Å²) in [5.74, 6) is 4.72. The number of carbonyl (C=O) groups excluding carboxylic acids is 1. The number of nitrogens with one attached hydrogen (secondary N) is 1. The van der Waals surface area contributed by atoms with E-state index in [0.29, 0.717) is 5.69 Å². The molecule has 0 saturated carbocycles. The van der Waals surface area contributed by atoms with Gasteiger partial charge in [0.25, 0.3) is 5.91 Å². The molecule has 0 spiro atoms. The largest absolute Gasteiger partial charge is 0.289 e. The van der Waals surface area contributed by atoms with Gasteiger partial charge in [-0.3, -0.25) is 14.9 Å². The number of hydrogen-bond acceptors (Lipinski definition) is 3. The number of benzene rings is 1. The molecule has 78 valence electrons. The molecule has 0 bridgehead atoms. The minimum Gasteiger partial charge on any atom is -0.289 e. The standard InChI is InChI=1S/C10H12N4O/c1-6-3-4-8-7(5-6)9(10(15)12-11)13-14(8)2/h3-5H,11H2,1-2H3,(H,12,15). The van der Waals surface area contributed by atoms with Crippen LogP contribution in [0.5, 0.6) is 0 Å². The van der Waals surface area contributed by atoms with Crippen molar-refractivity contribution < 1.29 is 4.79 Å². The number of hydrazine groups is 1. The topological polar surface area (TPSA) is 72.9 Å².